The Labute approximate surface area is 83.0 Å². The number of aromatic nitrogens is 1. The van der Waals surface area contributed by atoms with Gasteiger partial charge in [0.2, 0.25) is 5.88 Å². The highest BCUT2D eigenvalue weighted by atomic mass is 16.5. The van der Waals surface area contributed by atoms with Crippen molar-refractivity contribution in [2.45, 2.75) is 18.9 Å². The van der Waals surface area contributed by atoms with Crippen molar-refractivity contribution >= 4 is 5.69 Å². The number of hydrogen-bond donors (Lipinski definition) is 1. The van der Waals surface area contributed by atoms with Gasteiger partial charge in [-0.05, 0) is 12.1 Å². The molecule has 1 aliphatic heterocycles. The number of nitrogens with two attached hydrogens (primary N) is 1. The van der Waals surface area contributed by atoms with Crippen LogP contribution in [0.1, 0.15) is 12.8 Å². The largest absolute Gasteiger partial charge is 0.473 e. The fourth-order valence-electron chi connectivity index (χ4n) is 1.45. The standard InChI is InChI=1S/C10H14N2O2/c11-9-2-1-5-12-10(9)14-8-3-6-13-7-4-8/h1-2,5,8H,3-4,6-7,11H2. The van der Waals surface area contributed by atoms with Crippen molar-refractivity contribution in [3.8, 4) is 5.88 Å². The van der Waals surface area contributed by atoms with Gasteiger partial charge < -0.3 is 15.2 Å². The molecule has 2 heterocycles. The third-order valence-electron chi connectivity index (χ3n) is 2.25. The van der Waals surface area contributed by atoms with Crippen molar-refractivity contribution in [3.05, 3.63) is 18.3 Å². The number of nitrogen functional groups attached to an aromatic ring is 1. The van der Waals surface area contributed by atoms with Crippen LogP contribution in [0.5, 0.6) is 5.88 Å². The Morgan fingerprint density at radius 2 is 2.21 bits per heavy atom. The maximum Gasteiger partial charge on any atom is 0.237 e. The molecule has 2 N–H and O–H groups in total. The van der Waals surface area contributed by atoms with Gasteiger partial charge in [-0.3, -0.25) is 0 Å². The summed E-state index contributed by atoms with van der Waals surface area (Å²) in [5.74, 6) is 0.541. The predicted octanol–water partition coefficient (Wildman–Crippen LogP) is 1.22. The Kier molecular flexibility index (Phi) is 2.84. The van der Waals surface area contributed by atoms with E-state index in [-0.39, 0.29) is 6.10 Å². The van der Waals surface area contributed by atoms with E-state index in [0.717, 1.165) is 26.1 Å². The molecule has 0 aromatic carbocycles. The van der Waals surface area contributed by atoms with E-state index in [2.05, 4.69) is 4.98 Å². The van der Waals surface area contributed by atoms with Crippen molar-refractivity contribution in [1.29, 1.82) is 0 Å². The van der Waals surface area contributed by atoms with Gasteiger partial charge in [0.1, 0.15) is 6.10 Å². The molecule has 0 radical (unpaired) electrons. The van der Waals surface area contributed by atoms with E-state index in [1.165, 1.54) is 0 Å². The predicted molar refractivity (Wildman–Crippen MR) is 53.1 cm³/mol. The Morgan fingerprint density at radius 3 is 2.93 bits per heavy atom. The second-order valence-corrected chi connectivity index (χ2v) is 3.33. The first kappa shape index (κ1) is 9.27. The van der Waals surface area contributed by atoms with Crippen LogP contribution in [-0.2, 0) is 4.74 Å². The van der Waals surface area contributed by atoms with Crippen LogP contribution in [0.3, 0.4) is 0 Å². The topological polar surface area (TPSA) is 57.4 Å². The molecule has 0 aliphatic carbocycles. The Morgan fingerprint density at radius 1 is 1.43 bits per heavy atom. The van der Waals surface area contributed by atoms with E-state index < -0.39 is 0 Å². The molecule has 0 amide bonds. The first-order valence-corrected chi connectivity index (χ1v) is 4.81. The monoisotopic (exact) mass is 194 g/mol. The van der Waals surface area contributed by atoms with Crippen LogP contribution in [0.25, 0.3) is 0 Å². The highest BCUT2D eigenvalue weighted by Crippen LogP contribution is 2.20. The summed E-state index contributed by atoms with van der Waals surface area (Å²) < 4.78 is 10.9. The highest BCUT2D eigenvalue weighted by Gasteiger charge is 2.16. The normalized spacial score (nSPS) is 18.0. The molecule has 4 nitrogen and oxygen atoms in total. The van der Waals surface area contributed by atoms with E-state index in [1.54, 1.807) is 18.3 Å². The molecule has 0 bridgehead atoms. The maximum absolute atomic E-state index is 5.72. The molecule has 1 aromatic rings. The van der Waals surface area contributed by atoms with Gasteiger partial charge in [0.25, 0.3) is 0 Å². The zero-order valence-electron chi connectivity index (χ0n) is 7.98. The van der Waals surface area contributed by atoms with E-state index >= 15 is 0 Å². The molecule has 0 unspecified atom stereocenters. The molecule has 0 saturated carbocycles. The van der Waals surface area contributed by atoms with Crippen molar-refractivity contribution in [2.75, 3.05) is 18.9 Å². The Hall–Kier alpha value is -1.29. The third-order valence-corrected chi connectivity index (χ3v) is 2.25. The van der Waals surface area contributed by atoms with E-state index in [4.69, 9.17) is 15.2 Å². The molecule has 4 heteroatoms. The second kappa shape index (κ2) is 4.28. The van der Waals surface area contributed by atoms with Gasteiger partial charge in [-0.2, -0.15) is 0 Å². The van der Waals surface area contributed by atoms with Crippen LogP contribution in [-0.4, -0.2) is 24.3 Å². The fourth-order valence-corrected chi connectivity index (χ4v) is 1.45. The SMILES string of the molecule is Nc1cccnc1OC1CCOCC1. The zero-order valence-corrected chi connectivity index (χ0v) is 7.98. The first-order valence-electron chi connectivity index (χ1n) is 4.81. The number of hydrogen-bond acceptors (Lipinski definition) is 4. The summed E-state index contributed by atoms with van der Waals surface area (Å²) in [7, 11) is 0. The molecule has 1 aliphatic rings. The Balaban J connectivity index is 1.99. The summed E-state index contributed by atoms with van der Waals surface area (Å²) >= 11 is 0. The summed E-state index contributed by atoms with van der Waals surface area (Å²) in [6.45, 7) is 1.52. The number of pyridine rings is 1. The number of nitrogens with zero attached hydrogens (tertiary/aromatic N) is 1. The molecular formula is C10H14N2O2. The fraction of sp³-hybridized carbons (Fsp3) is 0.500. The molecule has 1 aromatic heterocycles. The molecule has 1 saturated heterocycles. The molecule has 2 rings (SSSR count). The average molecular weight is 194 g/mol. The molecule has 0 spiro atoms. The summed E-state index contributed by atoms with van der Waals surface area (Å²) in [6, 6.07) is 3.59. The second-order valence-electron chi connectivity index (χ2n) is 3.33. The smallest absolute Gasteiger partial charge is 0.237 e. The van der Waals surface area contributed by atoms with Crippen molar-refractivity contribution in [3.63, 3.8) is 0 Å². The average Bonchev–Trinajstić information content (AvgIpc) is 2.23. The molecule has 76 valence electrons. The summed E-state index contributed by atoms with van der Waals surface area (Å²) in [6.07, 6.45) is 3.71. The van der Waals surface area contributed by atoms with Crippen LogP contribution in [0.4, 0.5) is 5.69 Å². The van der Waals surface area contributed by atoms with Crippen LogP contribution in [0.15, 0.2) is 18.3 Å². The van der Waals surface area contributed by atoms with E-state index in [1.807, 2.05) is 0 Å². The third kappa shape index (κ3) is 2.14. The first-order chi connectivity index (χ1) is 6.86. The van der Waals surface area contributed by atoms with Gasteiger partial charge in [0, 0.05) is 19.0 Å². The van der Waals surface area contributed by atoms with Gasteiger partial charge >= 0.3 is 0 Å². The van der Waals surface area contributed by atoms with Crippen molar-refractivity contribution in [1.82, 2.24) is 4.98 Å². The number of ether oxygens (including phenoxy) is 2. The molecule has 1 fully saturated rings. The molecule has 0 atom stereocenters. The summed E-state index contributed by atoms with van der Waals surface area (Å²) in [5.41, 5.74) is 6.32. The lowest BCUT2D eigenvalue weighted by Gasteiger charge is -2.23. The number of anilines is 1. The van der Waals surface area contributed by atoms with Gasteiger partial charge in [-0.15, -0.1) is 0 Å². The van der Waals surface area contributed by atoms with Crippen LogP contribution < -0.4 is 10.5 Å². The summed E-state index contributed by atoms with van der Waals surface area (Å²) in [5, 5.41) is 0. The minimum atomic E-state index is 0.195. The quantitative estimate of drug-likeness (QED) is 0.769. The van der Waals surface area contributed by atoms with E-state index in [9.17, 15) is 0 Å². The minimum absolute atomic E-state index is 0.195. The van der Waals surface area contributed by atoms with Crippen LogP contribution in [0.2, 0.25) is 0 Å². The highest BCUT2D eigenvalue weighted by molar-refractivity contribution is 5.46. The molecule has 14 heavy (non-hydrogen) atoms. The Bertz CT molecular complexity index is 298. The lowest BCUT2D eigenvalue weighted by atomic mass is 10.1. The van der Waals surface area contributed by atoms with Crippen molar-refractivity contribution in [2.24, 2.45) is 0 Å². The van der Waals surface area contributed by atoms with Gasteiger partial charge in [0.05, 0.1) is 18.9 Å². The van der Waals surface area contributed by atoms with Gasteiger partial charge in [0.15, 0.2) is 0 Å². The summed E-state index contributed by atoms with van der Waals surface area (Å²) in [4.78, 5) is 4.08. The van der Waals surface area contributed by atoms with Crippen LogP contribution in [0, 0.1) is 0 Å². The minimum Gasteiger partial charge on any atom is -0.473 e. The molecular weight excluding hydrogens is 180 g/mol. The van der Waals surface area contributed by atoms with Gasteiger partial charge in [-0.1, -0.05) is 0 Å². The lowest BCUT2D eigenvalue weighted by molar-refractivity contribution is 0.0241. The van der Waals surface area contributed by atoms with Gasteiger partial charge in [-0.25, -0.2) is 4.98 Å². The van der Waals surface area contributed by atoms with E-state index in [0.29, 0.717) is 11.6 Å². The lowest BCUT2D eigenvalue weighted by Crippen LogP contribution is -2.26. The number of rotatable bonds is 2. The zero-order chi connectivity index (χ0) is 9.80. The van der Waals surface area contributed by atoms with Crippen LogP contribution >= 0.6 is 0 Å². The maximum atomic E-state index is 5.72. The van der Waals surface area contributed by atoms with Crippen molar-refractivity contribution < 1.29 is 9.47 Å².